The molecular formula is C25H19F2N3O3. The highest BCUT2D eigenvalue weighted by molar-refractivity contribution is 5.99. The van der Waals surface area contributed by atoms with Gasteiger partial charge in [0.05, 0.1) is 30.0 Å². The van der Waals surface area contributed by atoms with E-state index in [1.54, 1.807) is 6.07 Å². The number of carbonyl (C=O) groups excluding carboxylic acids is 2. The summed E-state index contributed by atoms with van der Waals surface area (Å²) in [5.41, 5.74) is 2.44. The average Bonchev–Trinajstić information content (AvgIpc) is 3.21. The average molecular weight is 447 g/mol. The standard InChI is InChI=1S/C25H19F2N3O3/c26-18-7-15(8-19(27)11-18)14-30-22-10-17(12-28-21(22)5-6-24(30)31)25(32)29-13-20-9-16-3-1-2-4-23(16)33-20/h1-4,7-12H,5-6,13-14H2,(H,29,32). The first-order valence-corrected chi connectivity index (χ1v) is 10.5. The molecule has 1 aliphatic rings. The highest BCUT2D eigenvalue weighted by Gasteiger charge is 2.27. The minimum absolute atomic E-state index is 0.0216. The second-order valence-corrected chi connectivity index (χ2v) is 7.88. The van der Waals surface area contributed by atoms with E-state index in [0.29, 0.717) is 29.1 Å². The van der Waals surface area contributed by atoms with Crippen molar-refractivity contribution in [2.75, 3.05) is 4.90 Å². The normalized spacial score (nSPS) is 13.3. The van der Waals surface area contributed by atoms with Crippen molar-refractivity contribution in [2.45, 2.75) is 25.9 Å². The van der Waals surface area contributed by atoms with Crippen LogP contribution in [0.15, 0.2) is 65.2 Å². The van der Waals surface area contributed by atoms with Crippen LogP contribution in [0.3, 0.4) is 0 Å². The van der Waals surface area contributed by atoms with E-state index in [-0.39, 0.29) is 36.9 Å². The Morgan fingerprint density at radius 3 is 2.64 bits per heavy atom. The molecule has 8 heteroatoms. The Labute approximate surface area is 187 Å². The predicted molar refractivity (Wildman–Crippen MR) is 117 cm³/mol. The van der Waals surface area contributed by atoms with Crippen LogP contribution in [0.1, 0.15) is 33.8 Å². The molecule has 0 radical (unpaired) electrons. The molecule has 0 saturated carbocycles. The Balaban J connectivity index is 1.36. The molecule has 33 heavy (non-hydrogen) atoms. The van der Waals surface area contributed by atoms with Gasteiger partial charge in [-0.1, -0.05) is 18.2 Å². The number of rotatable bonds is 5. The van der Waals surface area contributed by atoms with E-state index in [0.717, 1.165) is 17.0 Å². The molecule has 1 aliphatic heterocycles. The second-order valence-electron chi connectivity index (χ2n) is 7.88. The summed E-state index contributed by atoms with van der Waals surface area (Å²) in [7, 11) is 0. The molecule has 2 aromatic carbocycles. The number of aromatic nitrogens is 1. The van der Waals surface area contributed by atoms with Crippen molar-refractivity contribution in [1.82, 2.24) is 10.3 Å². The number of fused-ring (bicyclic) bond motifs is 2. The molecule has 0 unspecified atom stereocenters. The lowest BCUT2D eigenvalue weighted by Crippen LogP contribution is -2.35. The molecule has 2 amide bonds. The van der Waals surface area contributed by atoms with Gasteiger partial charge >= 0.3 is 0 Å². The third-order valence-corrected chi connectivity index (χ3v) is 5.54. The summed E-state index contributed by atoms with van der Waals surface area (Å²) in [5.74, 6) is -1.40. The smallest absolute Gasteiger partial charge is 0.253 e. The summed E-state index contributed by atoms with van der Waals surface area (Å²) in [6, 6.07) is 14.1. The van der Waals surface area contributed by atoms with Crippen LogP contribution in [0.25, 0.3) is 11.0 Å². The number of amides is 2. The minimum atomic E-state index is -0.716. The number of anilines is 1. The maximum atomic E-state index is 13.6. The third-order valence-electron chi connectivity index (χ3n) is 5.54. The van der Waals surface area contributed by atoms with Crippen molar-refractivity contribution in [3.05, 3.63) is 95.0 Å². The monoisotopic (exact) mass is 447 g/mol. The Kier molecular flexibility index (Phi) is 5.34. The minimum Gasteiger partial charge on any atom is -0.459 e. The Morgan fingerprint density at radius 2 is 1.85 bits per heavy atom. The van der Waals surface area contributed by atoms with Crippen molar-refractivity contribution < 1.29 is 22.8 Å². The lowest BCUT2D eigenvalue weighted by atomic mass is 10.0. The van der Waals surface area contributed by atoms with Gasteiger partial charge in [-0.05, 0) is 35.9 Å². The molecule has 4 aromatic rings. The Hall–Kier alpha value is -4.07. The summed E-state index contributed by atoms with van der Waals surface area (Å²) in [5, 5.41) is 3.74. The number of furan rings is 1. The molecule has 1 N–H and O–H groups in total. The highest BCUT2D eigenvalue weighted by atomic mass is 19.1. The third kappa shape index (κ3) is 4.32. The van der Waals surface area contributed by atoms with E-state index in [2.05, 4.69) is 10.3 Å². The van der Waals surface area contributed by atoms with Crippen LogP contribution in [0.4, 0.5) is 14.5 Å². The molecule has 6 nitrogen and oxygen atoms in total. The summed E-state index contributed by atoms with van der Waals surface area (Å²) < 4.78 is 33.0. The lowest BCUT2D eigenvalue weighted by Gasteiger charge is -2.29. The fourth-order valence-corrected chi connectivity index (χ4v) is 3.98. The van der Waals surface area contributed by atoms with Gasteiger partial charge in [-0.3, -0.25) is 14.6 Å². The van der Waals surface area contributed by atoms with Crippen LogP contribution < -0.4 is 10.2 Å². The van der Waals surface area contributed by atoms with Gasteiger partial charge in [-0.25, -0.2) is 8.78 Å². The van der Waals surface area contributed by atoms with Gasteiger partial charge in [-0.15, -0.1) is 0 Å². The summed E-state index contributed by atoms with van der Waals surface area (Å²) in [4.78, 5) is 31.1. The number of aryl methyl sites for hydroxylation is 1. The van der Waals surface area contributed by atoms with E-state index >= 15 is 0 Å². The number of hydrogen-bond donors (Lipinski definition) is 1. The fourth-order valence-electron chi connectivity index (χ4n) is 3.98. The van der Waals surface area contributed by atoms with Crippen LogP contribution in [0.5, 0.6) is 0 Å². The first-order valence-electron chi connectivity index (χ1n) is 10.5. The first-order chi connectivity index (χ1) is 16.0. The number of para-hydroxylation sites is 1. The van der Waals surface area contributed by atoms with Crippen molar-refractivity contribution in [1.29, 1.82) is 0 Å². The maximum Gasteiger partial charge on any atom is 0.253 e. The Morgan fingerprint density at radius 1 is 1.06 bits per heavy atom. The predicted octanol–water partition coefficient (Wildman–Crippen LogP) is 4.52. The Bertz CT molecular complexity index is 1330. The maximum absolute atomic E-state index is 13.6. The van der Waals surface area contributed by atoms with Gasteiger partial charge < -0.3 is 14.6 Å². The topological polar surface area (TPSA) is 75.4 Å². The van der Waals surface area contributed by atoms with Gasteiger partial charge in [0.1, 0.15) is 23.0 Å². The lowest BCUT2D eigenvalue weighted by molar-refractivity contribution is -0.119. The zero-order valence-electron chi connectivity index (χ0n) is 17.5. The summed E-state index contributed by atoms with van der Waals surface area (Å²) in [6.07, 6.45) is 2.13. The zero-order chi connectivity index (χ0) is 22.9. The van der Waals surface area contributed by atoms with Crippen molar-refractivity contribution in [3.63, 3.8) is 0 Å². The SMILES string of the molecule is O=C(NCc1cc2ccccc2o1)c1cnc2c(c1)N(Cc1cc(F)cc(F)c1)C(=O)CC2. The van der Waals surface area contributed by atoms with Gasteiger partial charge in [0, 0.05) is 30.5 Å². The number of benzene rings is 2. The van der Waals surface area contributed by atoms with Crippen molar-refractivity contribution in [3.8, 4) is 0 Å². The summed E-state index contributed by atoms with van der Waals surface area (Å²) >= 11 is 0. The van der Waals surface area contributed by atoms with E-state index < -0.39 is 11.6 Å². The van der Waals surface area contributed by atoms with Gasteiger partial charge in [-0.2, -0.15) is 0 Å². The van der Waals surface area contributed by atoms with Gasteiger partial charge in [0.25, 0.3) is 5.91 Å². The number of nitrogens with one attached hydrogen (secondary N) is 1. The van der Waals surface area contributed by atoms with Crippen molar-refractivity contribution in [2.24, 2.45) is 0 Å². The molecule has 2 aromatic heterocycles. The van der Waals surface area contributed by atoms with Crippen LogP contribution in [0, 0.1) is 11.6 Å². The van der Waals surface area contributed by atoms with Crippen LogP contribution in [-0.2, 0) is 24.3 Å². The quantitative estimate of drug-likeness (QED) is 0.488. The second kappa shape index (κ2) is 8.46. The molecule has 0 bridgehead atoms. The number of carbonyl (C=O) groups is 2. The van der Waals surface area contributed by atoms with Gasteiger partial charge in [0.2, 0.25) is 5.91 Å². The molecule has 0 spiro atoms. The molecule has 0 fully saturated rings. The summed E-state index contributed by atoms with van der Waals surface area (Å²) in [6.45, 7) is 0.169. The molecule has 0 saturated heterocycles. The van der Waals surface area contributed by atoms with Crippen molar-refractivity contribution >= 4 is 28.5 Å². The highest BCUT2D eigenvalue weighted by Crippen LogP contribution is 2.29. The first kappa shape index (κ1) is 20.8. The molecule has 0 atom stereocenters. The largest absolute Gasteiger partial charge is 0.459 e. The van der Waals surface area contributed by atoms with E-state index in [4.69, 9.17) is 4.42 Å². The van der Waals surface area contributed by atoms with Gasteiger partial charge in [0.15, 0.2) is 0 Å². The van der Waals surface area contributed by atoms with Crippen LogP contribution in [0.2, 0.25) is 0 Å². The molecule has 3 heterocycles. The van der Waals surface area contributed by atoms with Crippen LogP contribution >= 0.6 is 0 Å². The number of nitrogens with zero attached hydrogens (tertiary/aromatic N) is 2. The molecular weight excluding hydrogens is 428 g/mol. The van der Waals surface area contributed by atoms with Crippen LogP contribution in [-0.4, -0.2) is 16.8 Å². The molecule has 0 aliphatic carbocycles. The molecule has 5 rings (SSSR count). The fraction of sp³-hybridized carbons (Fsp3) is 0.160. The number of hydrogen-bond acceptors (Lipinski definition) is 4. The van der Waals surface area contributed by atoms with E-state index in [1.165, 1.54) is 23.2 Å². The van der Waals surface area contributed by atoms with E-state index in [9.17, 15) is 18.4 Å². The number of halogens is 2. The zero-order valence-corrected chi connectivity index (χ0v) is 17.5. The molecule has 166 valence electrons. The van der Waals surface area contributed by atoms with E-state index in [1.807, 2.05) is 30.3 Å². The number of pyridine rings is 1.